The summed E-state index contributed by atoms with van der Waals surface area (Å²) in [5.74, 6) is 0.272. The predicted octanol–water partition coefficient (Wildman–Crippen LogP) is 3.17. The fraction of sp³-hybridized carbons (Fsp3) is 0.438. The van der Waals surface area contributed by atoms with Gasteiger partial charge in [0, 0.05) is 23.6 Å². The van der Waals surface area contributed by atoms with Crippen LogP contribution < -0.4 is 5.32 Å². The highest BCUT2D eigenvalue weighted by Gasteiger charge is 2.09. The third-order valence-electron chi connectivity index (χ3n) is 2.94. The van der Waals surface area contributed by atoms with Crippen molar-refractivity contribution in [2.45, 2.75) is 13.8 Å². The molecule has 0 fully saturated rings. The maximum Gasteiger partial charge on any atom is 0.244 e. The number of allylic oxidation sites excluding steroid dienone is 1. The fourth-order valence-corrected chi connectivity index (χ4v) is 2.08. The molecule has 0 aliphatic carbocycles. The lowest BCUT2D eigenvalue weighted by Crippen LogP contribution is -2.30. The van der Waals surface area contributed by atoms with Crippen molar-refractivity contribution >= 4 is 27.4 Å². The topological polar surface area (TPSA) is 32.3 Å². The van der Waals surface area contributed by atoms with Crippen LogP contribution in [0.4, 0.5) is 0 Å². The molecule has 0 heterocycles. The molecule has 0 aliphatic heterocycles. The molecule has 0 radical (unpaired) electrons. The number of benzene rings is 1. The summed E-state index contributed by atoms with van der Waals surface area (Å²) in [6, 6.07) is 8.05. The Labute approximate surface area is 130 Å². The molecule has 0 saturated heterocycles. The zero-order valence-electron chi connectivity index (χ0n) is 12.6. The molecule has 0 aromatic heterocycles. The van der Waals surface area contributed by atoms with Gasteiger partial charge in [-0.3, -0.25) is 4.79 Å². The molecule has 0 unspecified atom stereocenters. The highest BCUT2D eigenvalue weighted by Crippen LogP contribution is 2.24. The molecule has 1 amide bonds. The Morgan fingerprint density at radius 2 is 1.90 bits per heavy atom. The second-order valence-corrected chi connectivity index (χ2v) is 6.27. The van der Waals surface area contributed by atoms with E-state index in [1.54, 1.807) is 6.08 Å². The first kappa shape index (κ1) is 16.9. The van der Waals surface area contributed by atoms with Gasteiger partial charge >= 0.3 is 0 Å². The van der Waals surface area contributed by atoms with Gasteiger partial charge in [-0.2, -0.15) is 0 Å². The number of amides is 1. The summed E-state index contributed by atoms with van der Waals surface area (Å²) in [6.07, 6.45) is 1.71. The highest BCUT2D eigenvalue weighted by atomic mass is 79.9. The van der Waals surface area contributed by atoms with Crippen LogP contribution in [0.1, 0.15) is 19.4 Å². The molecule has 20 heavy (non-hydrogen) atoms. The summed E-state index contributed by atoms with van der Waals surface area (Å²) in [7, 11) is 3.98. The van der Waals surface area contributed by atoms with E-state index in [-0.39, 0.29) is 5.91 Å². The van der Waals surface area contributed by atoms with Crippen molar-refractivity contribution in [3.8, 4) is 0 Å². The lowest BCUT2D eigenvalue weighted by atomic mass is 9.95. The maximum atomic E-state index is 12.0. The van der Waals surface area contributed by atoms with Gasteiger partial charge in [-0.15, -0.1) is 0 Å². The Kier molecular flexibility index (Phi) is 6.96. The Morgan fingerprint density at radius 1 is 1.30 bits per heavy atom. The van der Waals surface area contributed by atoms with Gasteiger partial charge in [-0.1, -0.05) is 41.9 Å². The number of rotatable bonds is 6. The van der Waals surface area contributed by atoms with E-state index in [0.717, 1.165) is 22.2 Å². The van der Waals surface area contributed by atoms with E-state index < -0.39 is 0 Å². The maximum absolute atomic E-state index is 12.0. The molecule has 0 saturated carbocycles. The number of halogens is 1. The van der Waals surface area contributed by atoms with Crippen LogP contribution in [0, 0.1) is 5.92 Å². The summed E-state index contributed by atoms with van der Waals surface area (Å²) in [6.45, 7) is 5.70. The Hall–Kier alpha value is -1.13. The van der Waals surface area contributed by atoms with Crippen molar-refractivity contribution < 1.29 is 4.79 Å². The molecule has 0 bridgehead atoms. The van der Waals surface area contributed by atoms with Gasteiger partial charge in [-0.05, 0) is 43.3 Å². The number of likely N-dealkylation sites (N-methyl/N-ethyl adjacent to an activating group) is 1. The smallest absolute Gasteiger partial charge is 0.244 e. The van der Waals surface area contributed by atoms with E-state index in [4.69, 9.17) is 0 Å². The van der Waals surface area contributed by atoms with Crippen molar-refractivity contribution in [2.75, 3.05) is 27.2 Å². The minimum Gasteiger partial charge on any atom is -0.351 e. The molecule has 4 heteroatoms. The van der Waals surface area contributed by atoms with Crippen LogP contribution >= 0.6 is 15.9 Å². The van der Waals surface area contributed by atoms with Gasteiger partial charge in [0.05, 0.1) is 0 Å². The molecule has 1 rings (SSSR count). The molecule has 0 aliphatic rings. The number of hydrogen-bond donors (Lipinski definition) is 1. The molecular weight excluding hydrogens is 316 g/mol. The van der Waals surface area contributed by atoms with Crippen LogP contribution in [-0.2, 0) is 4.79 Å². The number of carbonyl (C=O) groups is 1. The molecule has 0 atom stereocenters. The second-order valence-electron chi connectivity index (χ2n) is 5.36. The Morgan fingerprint density at radius 3 is 2.40 bits per heavy atom. The van der Waals surface area contributed by atoms with E-state index in [9.17, 15) is 4.79 Å². The van der Waals surface area contributed by atoms with Crippen LogP contribution in [0.25, 0.3) is 5.57 Å². The average molecular weight is 339 g/mol. The van der Waals surface area contributed by atoms with Gasteiger partial charge < -0.3 is 10.2 Å². The predicted molar refractivity (Wildman–Crippen MR) is 88.5 cm³/mol. The van der Waals surface area contributed by atoms with Crippen LogP contribution in [0.15, 0.2) is 34.8 Å². The van der Waals surface area contributed by atoms with Crippen molar-refractivity contribution in [3.63, 3.8) is 0 Å². The molecule has 3 nitrogen and oxygen atoms in total. The van der Waals surface area contributed by atoms with Gasteiger partial charge in [0.25, 0.3) is 0 Å². The molecule has 1 N–H and O–H groups in total. The first-order valence-corrected chi connectivity index (χ1v) is 7.59. The number of hydrogen-bond acceptors (Lipinski definition) is 2. The van der Waals surface area contributed by atoms with Gasteiger partial charge in [0.15, 0.2) is 0 Å². The zero-order chi connectivity index (χ0) is 15.1. The monoisotopic (exact) mass is 338 g/mol. The lowest BCUT2D eigenvalue weighted by Gasteiger charge is -2.13. The van der Waals surface area contributed by atoms with Crippen molar-refractivity contribution in [2.24, 2.45) is 5.92 Å². The number of nitrogens with one attached hydrogen (secondary N) is 1. The van der Waals surface area contributed by atoms with Crippen molar-refractivity contribution in [1.29, 1.82) is 0 Å². The third kappa shape index (κ3) is 5.88. The largest absolute Gasteiger partial charge is 0.351 e. The Balaban J connectivity index is 2.77. The van der Waals surface area contributed by atoms with E-state index in [0.29, 0.717) is 12.5 Å². The summed E-state index contributed by atoms with van der Waals surface area (Å²) in [5, 5.41) is 2.91. The van der Waals surface area contributed by atoms with E-state index in [1.807, 2.05) is 43.3 Å². The zero-order valence-corrected chi connectivity index (χ0v) is 14.2. The average Bonchev–Trinajstić information content (AvgIpc) is 2.36. The summed E-state index contributed by atoms with van der Waals surface area (Å²) in [4.78, 5) is 14.0. The standard InChI is InChI=1S/C16H23BrN2O/c1-12(2)15(13-5-7-14(17)8-6-13)11-16(20)18-9-10-19(3)4/h5-8,11-12H,9-10H2,1-4H3,(H,18,20)/b15-11+. The van der Waals surface area contributed by atoms with E-state index >= 15 is 0 Å². The second kappa shape index (κ2) is 8.22. The number of carbonyl (C=O) groups excluding carboxylic acids is 1. The van der Waals surface area contributed by atoms with E-state index in [1.165, 1.54) is 0 Å². The van der Waals surface area contributed by atoms with Crippen molar-refractivity contribution in [1.82, 2.24) is 10.2 Å². The van der Waals surface area contributed by atoms with Crippen LogP contribution in [0.2, 0.25) is 0 Å². The highest BCUT2D eigenvalue weighted by molar-refractivity contribution is 9.10. The number of nitrogens with zero attached hydrogens (tertiary/aromatic N) is 1. The quantitative estimate of drug-likeness (QED) is 0.808. The molecule has 1 aromatic rings. The molecular formula is C16H23BrN2O. The van der Waals surface area contributed by atoms with Gasteiger partial charge in [0.2, 0.25) is 5.91 Å². The lowest BCUT2D eigenvalue weighted by molar-refractivity contribution is -0.116. The van der Waals surface area contributed by atoms with Crippen LogP contribution in [0.3, 0.4) is 0 Å². The normalized spacial score (nSPS) is 12.1. The van der Waals surface area contributed by atoms with Crippen LogP contribution in [-0.4, -0.2) is 38.0 Å². The summed E-state index contributed by atoms with van der Waals surface area (Å²) >= 11 is 3.43. The van der Waals surface area contributed by atoms with Crippen molar-refractivity contribution in [3.05, 3.63) is 40.4 Å². The SMILES string of the molecule is CC(C)/C(=C\C(=O)NCCN(C)C)c1ccc(Br)cc1. The minimum absolute atomic E-state index is 0.0292. The fourth-order valence-electron chi connectivity index (χ4n) is 1.82. The summed E-state index contributed by atoms with van der Waals surface area (Å²) < 4.78 is 1.04. The third-order valence-corrected chi connectivity index (χ3v) is 3.47. The van der Waals surface area contributed by atoms with E-state index in [2.05, 4.69) is 35.1 Å². The summed E-state index contributed by atoms with van der Waals surface area (Å²) in [5.41, 5.74) is 2.14. The molecule has 110 valence electrons. The van der Waals surface area contributed by atoms with Gasteiger partial charge in [0.1, 0.15) is 0 Å². The minimum atomic E-state index is -0.0292. The molecule has 1 aromatic carbocycles. The van der Waals surface area contributed by atoms with Gasteiger partial charge in [-0.25, -0.2) is 0 Å². The first-order valence-electron chi connectivity index (χ1n) is 6.80. The molecule has 0 spiro atoms. The first-order chi connectivity index (χ1) is 9.40. The Bertz CT molecular complexity index is 464. The van der Waals surface area contributed by atoms with Crippen LogP contribution in [0.5, 0.6) is 0 Å².